The molecule has 0 aromatic heterocycles. The van der Waals surface area contributed by atoms with Gasteiger partial charge in [0.2, 0.25) is 0 Å². The Balaban J connectivity index is 0.00000220. The normalized spacial score (nSPS) is 9.76. The number of ketones is 1. The molecule has 2 aromatic rings. The molecular weight excluding hydrogens is 345 g/mol. The number of carbonyl (C=O) groups excluding carboxylic acids is 2. The Hall–Kier alpha value is -1.14. The predicted molar refractivity (Wildman–Crippen MR) is 77.1 cm³/mol. The van der Waals surface area contributed by atoms with E-state index in [1.165, 1.54) is 0 Å². The first-order chi connectivity index (χ1) is 9.50. The summed E-state index contributed by atoms with van der Waals surface area (Å²) in [7, 11) is 0. The Bertz CT molecular complexity index is 688. The topological polar surface area (TPSA) is 83.2 Å². The Morgan fingerprint density at radius 2 is 1.67 bits per heavy atom. The second kappa shape index (κ2) is 7.75. The molecule has 0 spiro atoms. The van der Waals surface area contributed by atoms with Crippen molar-refractivity contribution in [3.05, 3.63) is 63.6 Å². The van der Waals surface area contributed by atoms with Crippen LogP contribution in [0.1, 0.15) is 21.5 Å². The maximum absolute atomic E-state index is 12.5. The molecule has 0 aliphatic rings. The first-order valence-electron chi connectivity index (χ1n) is 5.87. The summed E-state index contributed by atoms with van der Waals surface area (Å²) >= 11 is 3.31. The van der Waals surface area contributed by atoms with Crippen molar-refractivity contribution in [2.24, 2.45) is 0 Å². The summed E-state index contributed by atoms with van der Waals surface area (Å²) in [5.74, 6) is -1.49. The molecular formula is C15H11BrNNaO3. The summed E-state index contributed by atoms with van der Waals surface area (Å²) in [6.45, 7) is 0. The zero-order valence-corrected chi connectivity index (χ0v) is 15.0. The number of aliphatic carboxylic acids is 1. The molecule has 2 N–H and O–H groups in total. The van der Waals surface area contributed by atoms with Crippen molar-refractivity contribution in [1.29, 1.82) is 0 Å². The standard InChI is InChI=1S/C15H12BrNO3.Na/c16-12-7-2-1-5-10(12)15(20)11-6-3-4-9(14(11)17)8-13(18)19;/h1-7H,8,17H2,(H,18,19);/q;+1/p-1. The van der Waals surface area contributed by atoms with Crippen molar-refractivity contribution in [3.8, 4) is 0 Å². The fraction of sp³-hybridized carbons (Fsp3) is 0.0667. The molecule has 4 nitrogen and oxygen atoms in total. The van der Waals surface area contributed by atoms with Crippen LogP contribution in [0.4, 0.5) is 5.69 Å². The minimum absolute atomic E-state index is 0. The zero-order valence-electron chi connectivity index (χ0n) is 11.4. The van der Waals surface area contributed by atoms with Gasteiger partial charge in [0.05, 0.1) is 0 Å². The number of carboxylic acids is 1. The number of halogens is 1. The first-order valence-corrected chi connectivity index (χ1v) is 6.66. The average Bonchev–Trinajstić information content (AvgIpc) is 2.40. The molecule has 0 saturated carbocycles. The van der Waals surface area contributed by atoms with Crippen LogP contribution in [0.2, 0.25) is 0 Å². The summed E-state index contributed by atoms with van der Waals surface area (Å²) in [6.07, 6.45) is -0.317. The number of para-hydroxylation sites is 1. The van der Waals surface area contributed by atoms with Crippen molar-refractivity contribution in [1.82, 2.24) is 0 Å². The number of nitrogens with two attached hydrogens (primary N) is 1. The molecule has 0 heterocycles. The van der Waals surface area contributed by atoms with Gasteiger partial charge in [0, 0.05) is 33.7 Å². The Labute approximate surface area is 152 Å². The van der Waals surface area contributed by atoms with Gasteiger partial charge in [-0.1, -0.05) is 40.2 Å². The van der Waals surface area contributed by atoms with Gasteiger partial charge in [0.1, 0.15) is 0 Å². The summed E-state index contributed by atoms with van der Waals surface area (Å²) in [5.41, 5.74) is 7.21. The monoisotopic (exact) mass is 355 g/mol. The minimum Gasteiger partial charge on any atom is -0.550 e. The fourth-order valence-corrected chi connectivity index (χ4v) is 2.38. The maximum atomic E-state index is 12.5. The van der Waals surface area contributed by atoms with E-state index in [-0.39, 0.29) is 53.0 Å². The molecule has 0 bridgehead atoms. The Morgan fingerprint density at radius 3 is 2.29 bits per heavy atom. The van der Waals surface area contributed by atoms with Gasteiger partial charge in [-0.2, -0.15) is 0 Å². The van der Waals surface area contributed by atoms with Gasteiger partial charge >= 0.3 is 29.6 Å². The van der Waals surface area contributed by atoms with Crippen molar-refractivity contribution in [2.45, 2.75) is 6.42 Å². The zero-order chi connectivity index (χ0) is 14.7. The third-order valence-electron chi connectivity index (χ3n) is 2.89. The van der Waals surface area contributed by atoms with Crippen LogP contribution in [-0.4, -0.2) is 11.8 Å². The van der Waals surface area contributed by atoms with Crippen LogP contribution in [0.5, 0.6) is 0 Å². The number of anilines is 1. The number of carboxylic acid groups (broad SMARTS) is 1. The third kappa shape index (κ3) is 4.17. The maximum Gasteiger partial charge on any atom is 1.00 e. The van der Waals surface area contributed by atoms with E-state index in [1.807, 2.05) is 0 Å². The van der Waals surface area contributed by atoms with E-state index < -0.39 is 5.97 Å². The van der Waals surface area contributed by atoms with E-state index in [0.717, 1.165) is 0 Å². The molecule has 0 aliphatic carbocycles. The van der Waals surface area contributed by atoms with Gasteiger partial charge in [0.25, 0.3) is 0 Å². The molecule has 0 aliphatic heterocycles. The van der Waals surface area contributed by atoms with Gasteiger partial charge in [0.15, 0.2) is 5.78 Å². The number of nitrogen functional groups attached to an aromatic ring is 1. The molecule has 102 valence electrons. The van der Waals surface area contributed by atoms with E-state index in [4.69, 9.17) is 5.73 Å². The minimum atomic E-state index is -1.23. The molecule has 0 fully saturated rings. The number of rotatable bonds is 4. The molecule has 0 saturated heterocycles. The SMILES string of the molecule is Nc1c(CC(=O)[O-])cccc1C(=O)c1ccccc1Br.[Na+]. The Kier molecular flexibility index (Phi) is 6.61. The Morgan fingerprint density at radius 1 is 1.05 bits per heavy atom. The summed E-state index contributed by atoms with van der Waals surface area (Å²) in [6, 6.07) is 11.7. The van der Waals surface area contributed by atoms with E-state index in [9.17, 15) is 14.7 Å². The van der Waals surface area contributed by atoms with Crippen molar-refractivity contribution < 1.29 is 44.3 Å². The molecule has 2 aromatic carbocycles. The van der Waals surface area contributed by atoms with Crippen LogP contribution in [0.3, 0.4) is 0 Å². The van der Waals surface area contributed by atoms with Crippen molar-refractivity contribution in [2.75, 3.05) is 5.73 Å². The quantitative estimate of drug-likeness (QED) is 0.413. The third-order valence-corrected chi connectivity index (χ3v) is 3.59. The largest absolute Gasteiger partial charge is 1.00 e. The second-order valence-corrected chi connectivity index (χ2v) is 5.09. The molecule has 0 radical (unpaired) electrons. The van der Waals surface area contributed by atoms with Gasteiger partial charge in [-0.3, -0.25) is 4.79 Å². The number of benzene rings is 2. The predicted octanol–water partition coefficient (Wildman–Crippen LogP) is -1.44. The van der Waals surface area contributed by atoms with Crippen LogP contribution < -0.4 is 40.4 Å². The second-order valence-electron chi connectivity index (χ2n) is 4.24. The first kappa shape index (κ1) is 17.9. The summed E-state index contributed by atoms with van der Waals surface area (Å²) in [4.78, 5) is 23.1. The summed E-state index contributed by atoms with van der Waals surface area (Å²) in [5, 5.41) is 10.7. The van der Waals surface area contributed by atoms with Crippen molar-refractivity contribution in [3.63, 3.8) is 0 Å². The number of hydrogen-bond donors (Lipinski definition) is 1. The smallest absolute Gasteiger partial charge is 0.550 e. The van der Waals surface area contributed by atoms with E-state index in [2.05, 4.69) is 15.9 Å². The van der Waals surface area contributed by atoms with E-state index in [0.29, 0.717) is 15.6 Å². The molecule has 21 heavy (non-hydrogen) atoms. The number of hydrogen-bond acceptors (Lipinski definition) is 4. The van der Waals surface area contributed by atoms with Gasteiger partial charge in [-0.25, -0.2) is 0 Å². The van der Waals surface area contributed by atoms with Crippen LogP contribution >= 0.6 is 15.9 Å². The average molecular weight is 356 g/mol. The van der Waals surface area contributed by atoms with Gasteiger partial charge < -0.3 is 15.6 Å². The van der Waals surface area contributed by atoms with Crippen LogP contribution in [-0.2, 0) is 11.2 Å². The summed E-state index contributed by atoms with van der Waals surface area (Å²) < 4.78 is 0.662. The van der Waals surface area contributed by atoms with Crippen LogP contribution in [0.25, 0.3) is 0 Å². The molecule has 0 amide bonds. The van der Waals surface area contributed by atoms with Crippen LogP contribution in [0, 0.1) is 0 Å². The molecule has 2 rings (SSSR count). The van der Waals surface area contributed by atoms with E-state index >= 15 is 0 Å². The van der Waals surface area contributed by atoms with Crippen LogP contribution in [0.15, 0.2) is 46.9 Å². The number of carbonyl (C=O) groups is 2. The van der Waals surface area contributed by atoms with E-state index in [1.54, 1.807) is 42.5 Å². The van der Waals surface area contributed by atoms with Crippen molar-refractivity contribution >= 4 is 33.4 Å². The molecule has 0 unspecified atom stereocenters. The fourth-order valence-electron chi connectivity index (χ4n) is 1.91. The molecule has 6 heteroatoms. The van der Waals surface area contributed by atoms with Gasteiger partial charge in [-0.05, 0) is 23.8 Å². The van der Waals surface area contributed by atoms with Gasteiger partial charge in [-0.15, -0.1) is 0 Å². The molecule has 0 atom stereocenters.